The van der Waals surface area contributed by atoms with Crippen molar-refractivity contribution in [2.24, 2.45) is 0 Å². The number of aromatic nitrogens is 5. The number of morpholine rings is 1. The maximum absolute atomic E-state index is 5.45. The van der Waals surface area contributed by atoms with Crippen molar-refractivity contribution in [1.82, 2.24) is 24.5 Å². The van der Waals surface area contributed by atoms with Crippen LogP contribution in [0.1, 0.15) is 25.5 Å². The number of rotatable bonds is 6. The molecule has 1 fully saturated rings. The maximum atomic E-state index is 5.45. The summed E-state index contributed by atoms with van der Waals surface area (Å²) in [4.78, 5) is 21.0. The lowest BCUT2D eigenvalue weighted by Crippen LogP contribution is -2.36. The molecule has 4 aromatic rings. The van der Waals surface area contributed by atoms with Gasteiger partial charge in [-0.15, -0.1) is 0 Å². The van der Waals surface area contributed by atoms with Crippen LogP contribution < -0.4 is 10.2 Å². The fraction of sp³-hybridized carbons (Fsp3) is 0.333. The Balaban J connectivity index is 1.49. The molecule has 0 unspecified atom stereocenters. The van der Waals surface area contributed by atoms with Crippen LogP contribution in [0.5, 0.6) is 0 Å². The van der Waals surface area contributed by atoms with Crippen molar-refractivity contribution in [3.8, 4) is 11.4 Å². The molecule has 8 heteroatoms. The van der Waals surface area contributed by atoms with Crippen molar-refractivity contribution in [1.29, 1.82) is 0 Å². The number of benzene rings is 1. The van der Waals surface area contributed by atoms with Crippen LogP contribution in [0.25, 0.3) is 22.6 Å². The Morgan fingerprint density at radius 3 is 2.53 bits per heavy atom. The zero-order valence-corrected chi connectivity index (χ0v) is 18.4. The van der Waals surface area contributed by atoms with Gasteiger partial charge in [0.2, 0.25) is 0 Å². The minimum absolute atomic E-state index is 0.186. The Morgan fingerprint density at radius 2 is 1.81 bits per heavy atom. The van der Waals surface area contributed by atoms with E-state index in [2.05, 4.69) is 62.9 Å². The van der Waals surface area contributed by atoms with Gasteiger partial charge in [0.05, 0.1) is 13.2 Å². The first kappa shape index (κ1) is 20.4. The van der Waals surface area contributed by atoms with Gasteiger partial charge in [-0.2, -0.15) is 0 Å². The van der Waals surface area contributed by atoms with Crippen LogP contribution >= 0.6 is 0 Å². The third-order valence-electron chi connectivity index (χ3n) is 5.64. The number of nitrogens with one attached hydrogen (secondary N) is 1. The van der Waals surface area contributed by atoms with E-state index in [1.54, 1.807) is 6.33 Å². The molecule has 8 nitrogen and oxygen atoms in total. The fourth-order valence-electron chi connectivity index (χ4n) is 4.01. The van der Waals surface area contributed by atoms with E-state index in [0.29, 0.717) is 6.54 Å². The van der Waals surface area contributed by atoms with Crippen molar-refractivity contribution < 1.29 is 4.74 Å². The SMILES string of the molecule is CC(C)n1c(-c2ccc(N3CCOCC3)nc2)nc2c(NCc3ccccc3)ncnc21. The van der Waals surface area contributed by atoms with E-state index in [9.17, 15) is 0 Å². The Labute approximate surface area is 187 Å². The van der Waals surface area contributed by atoms with E-state index >= 15 is 0 Å². The molecule has 1 aliphatic rings. The Morgan fingerprint density at radius 1 is 1.00 bits per heavy atom. The second kappa shape index (κ2) is 8.92. The summed E-state index contributed by atoms with van der Waals surface area (Å²) in [7, 11) is 0. The largest absolute Gasteiger partial charge is 0.378 e. The molecule has 0 amide bonds. The average molecular weight is 430 g/mol. The predicted molar refractivity (Wildman–Crippen MR) is 126 cm³/mol. The summed E-state index contributed by atoms with van der Waals surface area (Å²) in [6, 6.07) is 14.6. The molecule has 3 aromatic heterocycles. The minimum atomic E-state index is 0.186. The number of nitrogens with zero attached hydrogens (tertiary/aromatic N) is 6. The van der Waals surface area contributed by atoms with Crippen LogP contribution in [0.15, 0.2) is 55.0 Å². The molecule has 0 bridgehead atoms. The third kappa shape index (κ3) is 4.01. The van der Waals surface area contributed by atoms with E-state index in [4.69, 9.17) is 14.7 Å². The first-order valence-electron chi connectivity index (χ1n) is 11.0. The second-order valence-electron chi connectivity index (χ2n) is 8.14. The summed E-state index contributed by atoms with van der Waals surface area (Å²) < 4.78 is 7.60. The average Bonchev–Trinajstić information content (AvgIpc) is 3.25. The van der Waals surface area contributed by atoms with Gasteiger partial charge in [0.1, 0.15) is 18.0 Å². The predicted octanol–water partition coefficient (Wildman–Crippen LogP) is 3.92. The van der Waals surface area contributed by atoms with Gasteiger partial charge in [-0.25, -0.2) is 19.9 Å². The lowest BCUT2D eigenvalue weighted by molar-refractivity contribution is 0.122. The van der Waals surface area contributed by atoms with Crippen LogP contribution in [-0.4, -0.2) is 50.8 Å². The number of pyridine rings is 1. The highest BCUT2D eigenvalue weighted by Gasteiger charge is 2.20. The topological polar surface area (TPSA) is 81.0 Å². The monoisotopic (exact) mass is 429 g/mol. The van der Waals surface area contributed by atoms with Gasteiger partial charge in [0.25, 0.3) is 0 Å². The third-order valence-corrected chi connectivity index (χ3v) is 5.64. The van der Waals surface area contributed by atoms with Crippen molar-refractivity contribution in [3.63, 3.8) is 0 Å². The van der Waals surface area contributed by atoms with Gasteiger partial charge in [-0.1, -0.05) is 30.3 Å². The molecule has 164 valence electrons. The molecular weight excluding hydrogens is 402 g/mol. The lowest BCUT2D eigenvalue weighted by Gasteiger charge is -2.27. The first-order valence-corrected chi connectivity index (χ1v) is 11.0. The smallest absolute Gasteiger partial charge is 0.166 e. The quantitative estimate of drug-likeness (QED) is 0.497. The molecule has 4 heterocycles. The van der Waals surface area contributed by atoms with Crippen molar-refractivity contribution in [2.75, 3.05) is 36.5 Å². The summed E-state index contributed by atoms with van der Waals surface area (Å²) in [5.41, 5.74) is 3.73. The zero-order chi connectivity index (χ0) is 21.9. The van der Waals surface area contributed by atoms with Crippen LogP contribution in [0.2, 0.25) is 0 Å². The zero-order valence-electron chi connectivity index (χ0n) is 18.4. The van der Waals surface area contributed by atoms with E-state index in [0.717, 1.165) is 60.5 Å². The van der Waals surface area contributed by atoms with Crippen molar-refractivity contribution in [2.45, 2.75) is 26.4 Å². The number of hydrogen-bond donors (Lipinski definition) is 1. The number of fused-ring (bicyclic) bond motifs is 1. The minimum Gasteiger partial charge on any atom is -0.378 e. The van der Waals surface area contributed by atoms with Gasteiger partial charge in [0, 0.05) is 37.4 Å². The Hall–Kier alpha value is -3.52. The molecule has 1 N–H and O–H groups in total. The van der Waals surface area contributed by atoms with Gasteiger partial charge in [0.15, 0.2) is 17.0 Å². The number of anilines is 2. The first-order chi connectivity index (χ1) is 15.7. The van der Waals surface area contributed by atoms with Crippen LogP contribution in [0, 0.1) is 0 Å². The molecule has 1 aromatic carbocycles. The Kier molecular flexibility index (Phi) is 5.68. The number of imidazole rings is 1. The highest BCUT2D eigenvalue weighted by atomic mass is 16.5. The maximum Gasteiger partial charge on any atom is 0.166 e. The summed E-state index contributed by atoms with van der Waals surface area (Å²) in [6.45, 7) is 8.16. The van der Waals surface area contributed by atoms with Crippen LogP contribution in [0.4, 0.5) is 11.6 Å². The van der Waals surface area contributed by atoms with E-state index in [1.807, 2.05) is 24.4 Å². The fourth-order valence-corrected chi connectivity index (χ4v) is 4.01. The highest BCUT2D eigenvalue weighted by Crippen LogP contribution is 2.30. The second-order valence-corrected chi connectivity index (χ2v) is 8.14. The Bertz CT molecular complexity index is 1180. The molecule has 32 heavy (non-hydrogen) atoms. The molecule has 0 saturated carbocycles. The van der Waals surface area contributed by atoms with Crippen molar-refractivity contribution in [3.05, 3.63) is 60.6 Å². The molecule has 1 saturated heterocycles. The highest BCUT2D eigenvalue weighted by molar-refractivity contribution is 5.86. The molecule has 0 aliphatic carbocycles. The number of hydrogen-bond acceptors (Lipinski definition) is 7. The van der Waals surface area contributed by atoms with Gasteiger partial charge in [-0.05, 0) is 31.5 Å². The summed E-state index contributed by atoms with van der Waals surface area (Å²) >= 11 is 0. The van der Waals surface area contributed by atoms with Crippen molar-refractivity contribution >= 4 is 22.8 Å². The lowest BCUT2D eigenvalue weighted by atomic mass is 10.2. The molecule has 0 radical (unpaired) electrons. The number of ether oxygens (including phenoxy) is 1. The molecular formula is C24H27N7O. The van der Waals surface area contributed by atoms with Crippen LogP contribution in [-0.2, 0) is 11.3 Å². The summed E-state index contributed by atoms with van der Waals surface area (Å²) in [5, 5.41) is 3.43. The van der Waals surface area contributed by atoms with Gasteiger partial charge >= 0.3 is 0 Å². The summed E-state index contributed by atoms with van der Waals surface area (Å²) in [5.74, 6) is 2.55. The normalized spacial score (nSPS) is 14.3. The summed E-state index contributed by atoms with van der Waals surface area (Å²) in [6.07, 6.45) is 3.50. The van der Waals surface area contributed by atoms with E-state index < -0.39 is 0 Å². The van der Waals surface area contributed by atoms with E-state index in [-0.39, 0.29) is 6.04 Å². The van der Waals surface area contributed by atoms with E-state index in [1.165, 1.54) is 5.56 Å². The molecule has 5 rings (SSSR count). The standard InChI is InChI=1S/C24H27N7O/c1-17(2)31-23(19-8-9-20(25-15-19)30-10-12-32-13-11-30)29-21-22(27-16-28-24(21)31)26-14-18-6-4-3-5-7-18/h3-9,15-17H,10-14H2,1-2H3,(H,26,27,28). The molecule has 0 spiro atoms. The molecule has 0 atom stereocenters. The van der Waals surface area contributed by atoms with Crippen LogP contribution in [0.3, 0.4) is 0 Å². The van der Waals surface area contributed by atoms with Gasteiger partial charge < -0.3 is 19.5 Å². The molecule has 1 aliphatic heterocycles. The van der Waals surface area contributed by atoms with Gasteiger partial charge in [-0.3, -0.25) is 0 Å².